The summed E-state index contributed by atoms with van der Waals surface area (Å²) in [4.78, 5) is 5.04. The molecule has 2 rings (SSSR count). The number of rotatable bonds is 10. The van der Waals surface area contributed by atoms with Crippen LogP contribution in [0.4, 0.5) is 0 Å². The van der Waals surface area contributed by atoms with Gasteiger partial charge in [0.25, 0.3) is 0 Å². The smallest absolute Gasteiger partial charge is 0.110 e. The molecule has 2 aliphatic heterocycles. The van der Waals surface area contributed by atoms with Gasteiger partial charge in [0.1, 0.15) is 12.5 Å². The van der Waals surface area contributed by atoms with Crippen LogP contribution in [-0.2, 0) is 9.47 Å². The van der Waals surface area contributed by atoms with Crippen molar-refractivity contribution in [3.8, 4) is 0 Å². The number of nitrogens with zero attached hydrogens (tertiary/aromatic N) is 2. The first-order valence-electron chi connectivity index (χ1n) is 10.1. The largest absolute Gasteiger partial charge is 0.363 e. The molecule has 0 spiro atoms. The fraction of sp³-hybridized carbons (Fsp3) is 1.00. The molecule has 0 saturated carbocycles. The lowest BCUT2D eigenvalue weighted by atomic mass is 10.1. The molecule has 2 unspecified atom stereocenters. The van der Waals surface area contributed by atoms with Gasteiger partial charge in [-0.3, -0.25) is 9.80 Å². The van der Waals surface area contributed by atoms with Crippen LogP contribution in [0.5, 0.6) is 0 Å². The summed E-state index contributed by atoms with van der Waals surface area (Å²) in [7, 11) is 0. The quantitative estimate of drug-likeness (QED) is 0.569. The maximum atomic E-state index is 6.12. The Kier molecular flexibility index (Phi) is 9.50. The molecule has 0 aromatic heterocycles. The molecular weight excluding hydrogens is 288 g/mol. The molecule has 0 radical (unpaired) electrons. The Morgan fingerprint density at radius 1 is 0.652 bits per heavy atom. The van der Waals surface area contributed by atoms with Gasteiger partial charge in [0, 0.05) is 26.2 Å². The van der Waals surface area contributed by atoms with E-state index in [0.717, 1.165) is 32.5 Å². The van der Waals surface area contributed by atoms with Gasteiger partial charge in [-0.25, -0.2) is 0 Å². The van der Waals surface area contributed by atoms with Crippen LogP contribution in [0.2, 0.25) is 0 Å². The van der Waals surface area contributed by atoms with Crippen molar-refractivity contribution in [3.63, 3.8) is 0 Å². The van der Waals surface area contributed by atoms with E-state index < -0.39 is 0 Å². The molecule has 136 valence electrons. The number of ether oxygens (including phenoxy) is 2. The van der Waals surface area contributed by atoms with Gasteiger partial charge in [-0.1, -0.05) is 26.7 Å². The monoisotopic (exact) mass is 326 g/mol. The SMILES string of the molecule is CCC(OCCCOC(CC)N1CCCCC1)N1CCCCC1. The lowest BCUT2D eigenvalue weighted by Gasteiger charge is -2.34. The zero-order valence-corrected chi connectivity index (χ0v) is 15.5. The zero-order chi connectivity index (χ0) is 16.3. The molecular formula is C19H38N2O2. The third kappa shape index (κ3) is 6.69. The fourth-order valence-corrected chi connectivity index (χ4v) is 3.87. The average Bonchev–Trinajstić information content (AvgIpc) is 2.63. The van der Waals surface area contributed by atoms with E-state index in [1.54, 1.807) is 0 Å². The molecule has 4 heteroatoms. The summed E-state index contributed by atoms with van der Waals surface area (Å²) < 4.78 is 12.2. The second-order valence-electron chi connectivity index (χ2n) is 7.01. The Labute approximate surface area is 143 Å². The highest BCUT2D eigenvalue weighted by Crippen LogP contribution is 2.17. The van der Waals surface area contributed by atoms with Gasteiger partial charge in [-0.05, 0) is 44.9 Å². The highest BCUT2D eigenvalue weighted by Gasteiger charge is 2.20. The van der Waals surface area contributed by atoms with Crippen LogP contribution in [0, 0.1) is 0 Å². The van der Waals surface area contributed by atoms with Crippen LogP contribution < -0.4 is 0 Å². The second kappa shape index (κ2) is 11.4. The summed E-state index contributed by atoms with van der Waals surface area (Å²) in [5, 5.41) is 0. The van der Waals surface area contributed by atoms with Gasteiger partial charge in [0.05, 0.1) is 13.2 Å². The topological polar surface area (TPSA) is 24.9 Å². The molecule has 4 nitrogen and oxygen atoms in total. The first kappa shape index (κ1) is 19.2. The second-order valence-corrected chi connectivity index (χ2v) is 7.01. The van der Waals surface area contributed by atoms with Crippen molar-refractivity contribution in [1.29, 1.82) is 0 Å². The van der Waals surface area contributed by atoms with Gasteiger partial charge in [-0.15, -0.1) is 0 Å². The average molecular weight is 327 g/mol. The van der Waals surface area contributed by atoms with Crippen LogP contribution in [0.25, 0.3) is 0 Å². The van der Waals surface area contributed by atoms with E-state index >= 15 is 0 Å². The van der Waals surface area contributed by atoms with Crippen molar-refractivity contribution in [2.75, 3.05) is 39.4 Å². The Morgan fingerprint density at radius 2 is 1.04 bits per heavy atom. The van der Waals surface area contributed by atoms with Crippen LogP contribution in [0.1, 0.15) is 71.6 Å². The van der Waals surface area contributed by atoms with E-state index in [1.807, 2.05) is 0 Å². The highest BCUT2D eigenvalue weighted by molar-refractivity contribution is 4.69. The van der Waals surface area contributed by atoms with Crippen LogP contribution >= 0.6 is 0 Å². The predicted octanol–water partition coefficient (Wildman–Crippen LogP) is 3.85. The van der Waals surface area contributed by atoms with Gasteiger partial charge < -0.3 is 9.47 Å². The molecule has 2 atom stereocenters. The number of likely N-dealkylation sites (tertiary alicyclic amines) is 2. The van der Waals surface area contributed by atoms with E-state index in [4.69, 9.17) is 9.47 Å². The Hall–Kier alpha value is -0.160. The minimum absolute atomic E-state index is 0.319. The van der Waals surface area contributed by atoms with Crippen molar-refractivity contribution in [2.24, 2.45) is 0 Å². The van der Waals surface area contributed by atoms with E-state index in [-0.39, 0.29) is 0 Å². The summed E-state index contributed by atoms with van der Waals surface area (Å²) >= 11 is 0. The summed E-state index contributed by atoms with van der Waals surface area (Å²) in [5.74, 6) is 0. The predicted molar refractivity (Wildman–Crippen MR) is 95.5 cm³/mol. The van der Waals surface area contributed by atoms with Gasteiger partial charge >= 0.3 is 0 Å². The van der Waals surface area contributed by atoms with Crippen LogP contribution in [0.15, 0.2) is 0 Å². The molecule has 0 aromatic rings. The molecule has 2 saturated heterocycles. The number of hydrogen-bond donors (Lipinski definition) is 0. The number of piperidine rings is 2. The summed E-state index contributed by atoms with van der Waals surface area (Å²) in [6.07, 6.45) is 11.9. The van der Waals surface area contributed by atoms with Crippen LogP contribution in [-0.4, -0.2) is 61.6 Å². The summed E-state index contributed by atoms with van der Waals surface area (Å²) in [6.45, 7) is 11.0. The Morgan fingerprint density at radius 3 is 1.39 bits per heavy atom. The Bertz CT molecular complexity index is 261. The lowest BCUT2D eigenvalue weighted by Crippen LogP contribution is -2.41. The molecule has 0 bridgehead atoms. The highest BCUT2D eigenvalue weighted by atomic mass is 16.5. The zero-order valence-electron chi connectivity index (χ0n) is 15.5. The minimum atomic E-state index is 0.319. The van der Waals surface area contributed by atoms with Gasteiger partial charge in [0.15, 0.2) is 0 Å². The molecule has 23 heavy (non-hydrogen) atoms. The van der Waals surface area contributed by atoms with Crippen molar-refractivity contribution >= 4 is 0 Å². The van der Waals surface area contributed by atoms with E-state index in [9.17, 15) is 0 Å². The van der Waals surface area contributed by atoms with E-state index in [2.05, 4.69) is 23.6 Å². The van der Waals surface area contributed by atoms with Crippen molar-refractivity contribution < 1.29 is 9.47 Å². The normalized spacial score (nSPS) is 23.7. The first-order chi connectivity index (χ1) is 11.3. The number of hydrogen-bond acceptors (Lipinski definition) is 4. The molecule has 2 aliphatic rings. The van der Waals surface area contributed by atoms with Crippen molar-refractivity contribution in [2.45, 2.75) is 84.1 Å². The fourth-order valence-electron chi connectivity index (χ4n) is 3.87. The summed E-state index contributed by atoms with van der Waals surface area (Å²) in [5.41, 5.74) is 0. The van der Waals surface area contributed by atoms with Crippen LogP contribution in [0.3, 0.4) is 0 Å². The van der Waals surface area contributed by atoms with Gasteiger partial charge in [-0.2, -0.15) is 0 Å². The third-order valence-electron chi connectivity index (χ3n) is 5.20. The molecule has 0 N–H and O–H groups in total. The minimum Gasteiger partial charge on any atom is -0.363 e. The molecule has 2 fully saturated rings. The lowest BCUT2D eigenvalue weighted by molar-refractivity contribution is -0.0930. The van der Waals surface area contributed by atoms with Crippen molar-refractivity contribution in [1.82, 2.24) is 9.80 Å². The molecule has 0 amide bonds. The molecule has 0 aliphatic carbocycles. The molecule has 0 aromatic carbocycles. The maximum absolute atomic E-state index is 6.12. The van der Waals surface area contributed by atoms with E-state index in [1.165, 1.54) is 64.7 Å². The summed E-state index contributed by atoms with van der Waals surface area (Å²) in [6, 6.07) is 0. The Balaban J connectivity index is 1.58. The van der Waals surface area contributed by atoms with Gasteiger partial charge in [0.2, 0.25) is 0 Å². The van der Waals surface area contributed by atoms with Crippen molar-refractivity contribution in [3.05, 3.63) is 0 Å². The van der Waals surface area contributed by atoms with E-state index in [0.29, 0.717) is 12.5 Å². The molecule has 2 heterocycles. The standard InChI is InChI=1S/C19H38N2O2/c1-3-18(20-12-7-5-8-13-20)22-16-11-17-23-19(4-2)21-14-9-6-10-15-21/h18-19H,3-17H2,1-2H3. The third-order valence-corrected chi connectivity index (χ3v) is 5.20. The maximum Gasteiger partial charge on any atom is 0.110 e. The first-order valence-corrected chi connectivity index (χ1v) is 10.1.